The Labute approximate surface area is 77.7 Å². The Morgan fingerprint density at radius 2 is 1.92 bits per heavy atom. The Bertz CT molecular complexity index is 274. The first-order valence-electron chi connectivity index (χ1n) is 4.59. The van der Waals surface area contributed by atoms with E-state index in [-0.39, 0.29) is 5.78 Å². The summed E-state index contributed by atoms with van der Waals surface area (Å²) in [6.07, 6.45) is 3.21. The lowest BCUT2D eigenvalue weighted by molar-refractivity contribution is -0.196. The van der Waals surface area contributed by atoms with Crippen molar-refractivity contribution in [2.75, 3.05) is 14.2 Å². The van der Waals surface area contributed by atoms with Crippen LogP contribution in [0.25, 0.3) is 0 Å². The number of carbonyl (C=O) groups excluding carboxylic acids is 1. The van der Waals surface area contributed by atoms with E-state index in [2.05, 4.69) is 0 Å². The third kappa shape index (κ3) is 1.07. The molecule has 0 aliphatic heterocycles. The second-order valence-corrected chi connectivity index (χ2v) is 3.57. The summed E-state index contributed by atoms with van der Waals surface area (Å²) in [5.74, 6) is -0.281. The second-order valence-electron chi connectivity index (χ2n) is 3.57. The van der Waals surface area contributed by atoms with Crippen molar-refractivity contribution in [1.82, 2.24) is 0 Å². The third-order valence-electron chi connectivity index (χ3n) is 3.06. The predicted octanol–water partition coefficient (Wildman–Crippen LogP) is 1.43. The molecule has 0 saturated heterocycles. The van der Waals surface area contributed by atoms with Crippen LogP contribution in [-0.2, 0) is 14.3 Å². The first kappa shape index (κ1) is 8.91. The van der Waals surface area contributed by atoms with Crippen LogP contribution in [0.4, 0.5) is 0 Å². The maximum atomic E-state index is 11.4. The Balaban J connectivity index is 2.29. The molecule has 2 rings (SSSR count). The fourth-order valence-corrected chi connectivity index (χ4v) is 2.23. The van der Waals surface area contributed by atoms with Crippen LogP contribution >= 0.6 is 0 Å². The minimum absolute atomic E-state index is 0.283. The van der Waals surface area contributed by atoms with E-state index in [1.165, 1.54) is 0 Å². The highest BCUT2D eigenvalue weighted by Crippen LogP contribution is 2.47. The van der Waals surface area contributed by atoms with Gasteiger partial charge in [-0.15, -0.1) is 0 Å². The number of ketones is 1. The van der Waals surface area contributed by atoms with Gasteiger partial charge >= 0.3 is 0 Å². The Hall–Kier alpha value is -0.670. The molecule has 0 radical (unpaired) electrons. The van der Waals surface area contributed by atoms with Crippen LogP contribution in [0.15, 0.2) is 11.1 Å². The van der Waals surface area contributed by atoms with E-state index in [0.29, 0.717) is 12.8 Å². The monoisotopic (exact) mass is 182 g/mol. The molecule has 0 bridgehead atoms. The van der Waals surface area contributed by atoms with Gasteiger partial charge in [0.2, 0.25) is 0 Å². The summed E-state index contributed by atoms with van der Waals surface area (Å²) >= 11 is 0. The van der Waals surface area contributed by atoms with Gasteiger partial charge in [-0.2, -0.15) is 0 Å². The highest BCUT2D eigenvalue weighted by molar-refractivity contribution is 5.99. The quantitative estimate of drug-likeness (QED) is 0.606. The zero-order valence-corrected chi connectivity index (χ0v) is 8.05. The van der Waals surface area contributed by atoms with Crippen molar-refractivity contribution < 1.29 is 14.3 Å². The first-order chi connectivity index (χ1) is 6.23. The molecule has 3 heteroatoms. The van der Waals surface area contributed by atoms with Gasteiger partial charge in [-0.05, 0) is 18.4 Å². The van der Waals surface area contributed by atoms with Crippen LogP contribution in [0.3, 0.4) is 0 Å². The first-order valence-corrected chi connectivity index (χ1v) is 4.59. The average Bonchev–Trinajstić information content (AvgIpc) is 2.11. The van der Waals surface area contributed by atoms with E-state index in [1.807, 2.05) is 0 Å². The summed E-state index contributed by atoms with van der Waals surface area (Å²) in [5, 5.41) is 0. The van der Waals surface area contributed by atoms with Gasteiger partial charge in [0.05, 0.1) is 0 Å². The zero-order valence-electron chi connectivity index (χ0n) is 8.05. The van der Waals surface area contributed by atoms with Crippen molar-refractivity contribution in [2.24, 2.45) is 0 Å². The summed E-state index contributed by atoms with van der Waals surface area (Å²) in [5.41, 5.74) is 2.03. The van der Waals surface area contributed by atoms with E-state index in [0.717, 1.165) is 24.0 Å². The van der Waals surface area contributed by atoms with Gasteiger partial charge < -0.3 is 9.47 Å². The maximum absolute atomic E-state index is 11.4. The third-order valence-corrected chi connectivity index (χ3v) is 3.06. The van der Waals surface area contributed by atoms with Gasteiger partial charge in [-0.3, -0.25) is 4.79 Å². The van der Waals surface area contributed by atoms with Crippen LogP contribution in [0.1, 0.15) is 25.7 Å². The van der Waals surface area contributed by atoms with Crippen molar-refractivity contribution >= 4 is 5.78 Å². The van der Waals surface area contributed by atoms with Crippen molar-refractivity contribution in [3.63, 3.8) is 0 Å². The normalized spacial score (nSPS) is 25.5. The Morgan fingerprint density at radius 3 is 2.54 bits per heavy atom. The van der Waals surface area contributed by atoms with Crippen LogP contribution in [0.2, 0.25) is 0 Å². The zero-order chi connectivity index (χ0) is 9.47. The minimum Gasteiger partial charge on any atom is -0.349 e. The molecule has 0 amide bonds. The molecule has 0 fully saturated rings. The van der Waals surface area contributed by atoms with E-state index in [1.54, 1.807) is 14.2 Å². The predicted molar refractivity (Wildman–Crippen MR) is 47.3 cm³/mol. The highest BCUT2D eigenvalue weighted by Gasteiger charge is 2.49. The van der Waals surface area contributed by atoms with Gasteiger partial charge in [0, 0.05) is 32.6 Å². The Morgan fingerprint density at radius 1 is 1.23 bits per heavy atom. The molecule has 72 valence electrons. The second kappa shape index (κ2) is 2.93. The molecule has 3 nitrogen and oxygen atoms in total. The van der Waals surface area contributed by atoms with Gasteiger partial charge in [-0.25, -0.2) is 0 Å². The van der Waals surface area contributed by atoms with Gasteiger partial charge in [0.15, 0.2) is 11.6 Å². The standard InChI is InChI=1S/C10H14O3/c1-12-10(13-2)6-7-8(10)4-3-5-9(7)11/h3-6H2,1-2H3. The van der Waals surface area contributed by atoms with Crippen molar-refractivity contribution in [2.45, 2.75) is 31.5 Å². The smallest absolute Gasteiger partial charge is 0.195 e. The molecule has 0 atom stereocenters. The van der Waals surface area contributed by atoms with Crippen LogP contribution in [0, 0.1) is 0 Å². The summed E-state index contributed by atoms with van der Waals surface area (Å²) < 4.78 is 10.6. The van der Waals surface area contributed by atoms with E-state index in [9.17, 15) is 4.79 Å². The molecule has 13 heavy (non-hydrogen) atoms. The molecular weight excluding hydrogens is 168 g/mol. The van der Waals surface area contributed by atoms with E-state index >= 15 is 0 Å². The summed E-state index contributed by atoms with van der Waals surface area (Å²) in [7, 11) is 3.26. The van der Waals surface area contributed by atoms with Gasteiger partial charge in [-0.1, -0.05) is 0 Å². The highest BCUT2D eigenvalue weighted by atomic mass is 16.7. The molecule has 0 heterocycles. The molecule has 2 aliphatic carbocycles. The fraction of sp³-hybridized carbons (Fsp3) is 0.700. The molecule has 0 aromatic heterocycles. The molecule has 0 aromatic carbocycles. The number of hydrogen-bond donors (Lipinski definition) is 0. The molecule has 0 spiro atoms. The maximum Gasteiger partial charge on any atom is 0.195 e. The van der Waals surface area contributed by atoms with E-state index < -0.39 is 5.79 Å². The van der Waals surface area contributed by atoms with Crippen molar-refractivity contribution in [1.29, 1.82) is 0 Å². The number of methoxy groups -OCH3 is 2. The van der Waals surface area contributed by atoms with Crippen LogP contribution < -0.4 is 0 Å². The molecular formula is C10H14O3. The number of Topliss-reactive ketones (excluding diaryl/α,β-unsaturated/α-hetero) is 1. The van der Waals surface area contributed by atoms with Crippen LogP contribution in [0.5, 0.6) is 0 Å². The SMILES string of the molecule is COC1(OC)CC2=C1CCCC2=O. The van der Waals surface area contributed by atoms with Gasteiger partial charge in [0.25, 0.3) is 0 Å². The number of ether oxygens (including phenoxy) is 2. The topological polar surface area (TPSA) is 35.5 Å². The van der Waals surface area contributed by atoms with Crippen LogP contribution in [-0.4, -0.2) is 25.8 Å². The van der Waals surface area contributed by atoms with Crippen molar-refractivity contribution in [3.8, 4) is 0 Å². The lowest BCUT2D eigenvalue weighted by Crippen LogP contribution is -2.47. The van der Waals surface area contributed by atoms with Crippen molar-refractivity contribution in [3.05, 3.63) is 11.1 Å². The number of hydrogen-bond acceptors (Lipinski definition) is 3. The van der Waals surface area contributed by atoms with E-state index in [4.69, 9.17) is 9.47 Å². The van der Waals surface area contributed by atoms with Gasteiger partial charge in [0.1, 0.15) is 0 Å². The molecule has 0 aromatic rings. The fourth-order valence-electron chi connectivity index (χ4n) is 2.23. The lowest BCUT2D eigenvalue weighted by atomic mass is 9.72. The average molecular weight is 182 g/mol. The Kier molecular flexibility index (Phi) is 2.00. The number of carbonyl (C=O) groups is 1. The number of rotatable bonds is 2. The summed E-state index contributed by atoms with van der Waals surface area (Å²) in [4.78, 5) is 11.4. The summed E-state index contributed by atoms with van der Waals surface area (Å²) in [6, 6.07) is 0. The minimum atomic E-state index is -0.564. The lowest BCUT2D eigenvalue weighted by Gasteiger charge is -2.44. The largest absolute Gasteiger partial charge is 0.349 e. The molecule has 0 unspecified atom stereocenters. The molecule has 2 aliphatic rings. The molecule has 0 N–H and O–H groups in total. The molecule has 0 saturated carbocycles. The summed E-state index contributed by atoms with van der Waals surface area (Å²) in [6.45, 7) is 0.